The zero-order valence-corrected chi connectivity index (χ0v) is 12.7. The summed E-state index contributed by atoms with van der Waals surface area (Å²) in [6, 6.07) is 0. The molecule has 0 radical (unpaired) electrons. The third kappa shape index (κ3) is 2.49. The number of piperidine rings is 1. The van der Waals surface area contributed by atoms with Crippen molar-refractivity contribution in [3.8, 4) is 0 Å². The second kappa shape index (κ2) is 5.60. The van der Waals surface area contributed by atoms with Gasteiger partial charge in [0.05, 0.1) is 0 Å². The van der Waals surface area contributed by atoms with Crippen molar-refractivity contribution in [3.63, 3.8) is 0 Å². The lowest BCUT2D eigenvalue weighted by Crippen LogP contribution is -2.44. The minimum atomic E-state index is 0.0607. The number of hydrogen-bond donors (Lipinski definition) is 2. The van der Waals surface area contributed by atoms with Crippen LogP contribution in [-0.4, -0.2) is 35.9 Å². The summed E-state index contributed by atoms with van der Waals surface area (Å²) in [4.78, 5) is 19.3. The van der Waals surface area contributed by atoms with Gasteiger partial charge in [-0.05, 0) is 24.7 Å². The minimum Gasteiger partial charge on any atom is -0.382 e. The summed E-state index contributed by atoms with van der Waals surface area (Å²) in [5, 5.41) is 3.65. The number of rotatable bonds is 2. The highest BCUT2D eigenvalue weighted by Crippen LogP contribution is 2.37. The maximum Gasteiger partial charge on any atom is 0.267 e. The van der Waals surface area contributed by atoms with E-state index in [9.17, 15) is 4.79 Å². The van der Waals surface area contributed by atoms with Crippen LogP contribution in [0.3, 0.4) is 0 Å². The van der Waals surface area contributed by atoms with Crippen molar-refractivity contribution < 1.29 is 4.79 Å². The smallest absolute Gasteiger partial charge is 0.267 e. The van der Waals surface area contributed by atoms with Gasteiger partial charge in [-0.1, -0.05) is 30.6 Å². The lowest BCUT2D eigenvalue weighted by atomic mass is 9.75. The Balaban J connectivity index is 1.72. The fraction of sp³-hybridized carbons (Fsp3) is 0.714. The van der Waals surface area contributed by atoms with E-state index < -0.39 is 0 Å². The van der Waals surface area contributed by atoms with Crippen molar-refractivity contribution in [2.45, 2.75) is 32.1 Å². The van der Waals surface area contributed by atoms with Gasteiger partial charge in [0.15, 0.2) is 5.13 Å². The molecule has 1 saturated carbocycles. The van der Waals surface area contributed by atoms with E-state index in [1.807, 2.05) is 4.90 Å². The highest BCUT2D eigenvalue weighted by Gasteiger charge is 2.34. The van der Waals surface area contributed by atoms with Crippen LogP contribution in [0.5, 0.6) is 0 Å². The molecule has 2 atom stereocenters. The lowest BCUT2D eigenvalue weighted by molar-refractivity contribution is 0.0526. The number of thiazole rings is 1. The summed E-state index contributed by atoms with van der Waals surface area (Å²) >= 11 is 1.35. The molecule has 1 aliphatic carbocycles. The largest absolute Gasteiger partial charge is 0.382 e. The molecule has 1 amide bonds. The number of likely N-dealkylation sites (tertiary alicyclic amines) is 1. The average molecular weight is 294 g/mol. The zero-order chi connectivity index (χ0) is 14.1. The average Bonchev–Trinajstić information content (AvgIpc) is 2.87. The normalized spacial score (nSPS) is 26.1. The standard InChI is InChI=1S/C14H22N4OS/c1-16-14-17-12(15)11(20-14)13(19)18-7-6-9-4-2-3-5-10(9)8-18/h9-10H,2-8,15H2,1H3,(H,16,17). The molecule has 110 valence electrons. The molecule has 0 bridgehead atoms. The number of anilines is 2. The van der Waals surface area contributed by atoms with Crippen LogP contribution in [0, 0.1) is 11.8 Å². The number of amides is 1. The molecule has 2 fully saturated rings. The third-order valence-corrected chi connectivity index (χ3v) is 5.72. The van der Waals surface area contributed by atoms with Gasteiger partial charge in [0, 0.05) is 20.1 Å². The summed E-state index contributed by atoms with van der Waals surface area (Å²) in [6.07, 6.45) is 6.44. The number of nitrogens with one attached hydrogen (secondary N) is 1. The van der Waals surface area contributed by atoms with Crippen molar-refractivity contribution in [1.82, 2.24) is 9.88 Å². The summed E-state index contributed by atoms with van der Waals surface area (Å²) in [7, 11) is 1.79. The summed E-state index contributed by atoms with van der Waals surface area (Å²) < 4.78 is 0. The van der Waals surface area contributed by atoms with Crippen LogP contribution in [0.15, 0.2) is 0 Å². The van der Waals surface area contributed by atoms with E-state index in [0.29, 0.717) is 21.7 Å². The van der Waals surface area contributed by atoms with E-state index in [2.05, 4.69) is 10.3 Å². The molecule has 0 aromatic carbocycles. The fourth-order valence-corrected chi connectivity index (χ4v) is 4.33. The molecule has 20 heavy (non-hydrogen) atoms. The van der Waals surface area contributed by atoms with Gasteiger partial charge in [0.1, 0.15) is 10.7 Å². The minimum absolute atomic E-state index is 0.0607. The van der Waals surface area contributed by atoms with Crippen LogP contribution in [-0.2, 0) is 0 Å². The molecule has 3 N–H and O–H groups in total. The molecular weight excluding hydrogens is 272 g/mol. The monoisotopic (exact) mass is 294 g/mol. The summed E-state index contributed by atoms with van der Waals surface area (Å²) in [5.74, 6) is 1.94. The topological polar surface area (TPSA) is 71.2 Å². The quantitative estimate of drug-likeness (QED) is 0.878. The van der Waals surface area contributed by atoms with E-state index in [1.165, 1.54) is 37.0 Å². The molecule has 1 aromatic rings. The van der Waals surface area contributed by atoms with E-state index in [-0.39, 0.29) is 5.91 Å². The van der Waals surface area contributed by atoms with Gasteiger partial charge in [-0.15, -0.1) is 0 Å². The number of fused-ring (bicyclic) bond motifs is 1. The number of nitrogens with two attached hydrogens (primary N) is 1. The van der Waals surface area contributed by atoms with Crippen LogP contribution in [0.25, 0.3) is 0 Å². The second-order valence-electron chi connectivity index (χ2n) is 5.83. The first-order valence-corrected chi connectivity index (χ1v) is 8.24. The van der Waals surface area contributed by atoms with Gasteiger partial charge in [0.2, 0.25) is 0 Å². The van der Waals surface area contributed by atoms with Crippen molar-refractivity contribution in [2.24, 2.45) is 11.8 Å². The van der Waals surface area contributed by atoms with Crippen LogP contribution < -0.4 is 11.1 Å². The van der Waals surface area contributed by atoms with Crippen LogP contribution in [0.1, 0.15) is 41.8 Å². The fourth-order valence-electron chi connectivity index (χ4n) is 3.52. The Bertz CT molecular complexity index is 501. The SMILES string of the molecule is CNc1nc(N)c(C(=O)N2CCC3CCCCC3C2)s1. The van der Waals surface area contributed by atoms with E-state index >= 15 is 0 Å². The van der Waals surface area contributed by atoms with Crippen LogP contribution >= 0.6 is 11.3 Å². The van der Waals surface area contributed by atoms with Gasteiger partial charge in [-0.3, -0.25) is 4.79 Å². The predicted octanol–water partition coefficient (Wildman–Crippen LogP) is 2.42. The van der Waals surface area contributed by atoms with Crippen LogP contribution in [0.2, 0.25) is 0 Å². The highest BCUT2D eigenvalue weighted by molar-refractivity contribution is 7.18. The van der Waals surface area contributed by atoms with Crippen LogP contribution in [0.4, 0.5) is 10.9 Å². The molecule has 1 saturated heterocycles. The summed E-state index contributed by atoms with van der Waals surface area (Å²) in [6.45, 7) is 1.77. The molecule has 2 aliphatic rings. The number of nitrogens with zero attached hydrogens (tertiary/aromatic N) is 2. The zero-order valence-electron chi connectivity index (χ0n) is 11.9. The Morgan fingerprint density at radius 2 is 2.10 bits per heavy atom. The Morgan fingerprint density at radius 1 is 1.35 bits per heavy atom. The van der Waals surface area contributed by atoms with Gasteiger partial charge in [0.25, 0.3) is 5.91 Å². The Kier molecular flexibility index (Phi) is 3.83. The molecule has 6 heteroatoms. The molecule has 2 unspecified atom stereocenters. The van der Waals surface area contributed by atoms with E-state index in [0.717, 1.165) is 25.4 Å². The molecule has 5 nitrogen and oxygen atoms in total. The summed E-state index contributed by atoms with van der Waals surface area (Å²) in [5.41, 5.74) is 5.87. The third-order valence-electron chi connectivity index (χ3n) is 4.64. The van der Waals surface area contributed by atoms with E-state index in [4.69, 9.17) is 5.73 Å². The van der Waals surface area contributed by atoms with Gasteiger partial charge in [-0.25, -0.2) is 4.98 Å². The van der Waals surface area contributed by atoms with Gasteiger partial charge < -0.3 is 16.0 Å². The number of hydrogen-bond acceptors (Lipinski definition) is 5. The molecule has 2 heterocycles. The number of carbonyl (C=O) groups is 1. The molecule has 1 aliphatic heterocycles. The van der Waals surface area contributed by atoms with Gasteiger partial charge in [-0.2, -0.15) is 0 Å². The molecule has 0 spiro atoms. The van der Waals surface area contributed by atoms with Gasteiger partial charge >= 0.3 is 0 Å². The first kappa shape index (κ1) is 13.7. The highest BCUT2D eigenvalue weighted by atomic mass is 32.1. The van der Waals surface area contributed by atoms with E-state index in [1.54, 1.807) is 7.05 Å². The lowest BCUT2D eigenvalue weighted by Gasteiger charge is -2.41. The Hall–Kier alpha value is -1.30. The number of nitrogen functional groups attached to an aromatic ring is 1. The van der Waals surface area contributed by atoms with Crippen molar-refractivity contribution in [2.75, 3.05) is 31.2 Å². The Labute approximate surface area is 123 Å². The number of carbonyl (C=O) groups excluding carboxylic acids is 1. The maximum absolute atomic E-state index is 12.6. The Morgan fingerprint density at radius 3 is 2.80 bits per heavy atom. The van der Waals surface area contributed by atoms with Crippen molar-refractivity contribution in [3.05, 3.63) is 4.88 Å². The first-order valence-electron chi connectivity index (χ1n) is 7.42. The molecule has 3 rings (SSSR count). The maximum atomic E-state index is 12.6. The second-order valence-corrected chi connectivity index (χ2v) is 6.83. The predicted molar refractivity (Wildman–Crippen MR) is 82.0 cm³/mol. The number of aromatic nitrogens is 1. The molecular formula is C14H22N4OS. The van der Waals surface area contributed by atoms with Crippen molar-refractivity contribution >= 4 is 28.2 Å². The van der Waals surface area contributed by atoms with Crippen molar-refractivity contribution in [1.29, 1.82) is 0 Å². The first-order chi connectivity index (χ1) is 9.69. The molecule has 1 aromatic heterocycles.